The number of aromatic nitrogens is 1. The fourth-order valence-corrected chi connectivity index (χ4v) is 4.91. The summed E-state index contributed by atoms with van der Waals surface area (Å²) in [6.45, 7) is 4.83. The van der Waals surface area contributed by atoms with Crippen molar-refractivity contribution in [3.63, 3.8) is 0 Å². The number of hydrogen-bond acceptors (Lipinski definition) is 4. The van der Waals surface area contributed by atoms with Gasteiger partial charge >= 0.3 is 0 Å². The van der Waals surface area contributed by atoms with E-state index in [4.69, 9.17) is 37.2 Å². The first-order valence-corrected chi connectivity index (χ1v) is 13.6. The lowest BCUT2D eigenvalue weighted by atomic mass is 9.94. The van der Waals surface area contributed by atoms with Gasteiger partial charge in [-0.25, -0.2) is 0 Å². The monoisotopic (exact) mass is 555 g/mol. The quantitative estimate of drug-likeness (QED) is 0.174. The van der Waals surface area contributed by atoms with Gasteiger partial charge in [0, 0.05) is 11.5 Å². The zero-order valence-electron chi connectivity index (χ0n) is 22.1. The Morgan fingerprint density at radius 3 is 1.87 bits per heavy atom. The molecule has 0 spiro atoms. The molecule has 0 N–H and O–H groups in total. The standard InChI is InChI=1S/C32H28BCl2NO3/c1-20(2)32-27(31(36-39-32)30-28(34)4-3-5-29(30)35)19-38-25-14-6-21(7-15-25)18-37-26-16-10-23(11-17-26)22-8-12-24(33)13-9-22/h3-17,20H,18-19,33H2,1-2H3. The van der Waals surface area contributed by atoms with Crippen LogP contribution in [0.5, 0.6) is 11.5 Å². The van der Waals surface area contributed by atoms with Crippen LogP contribution in [0.2, 0.25) is 10.0 Å². The summed E-state index contributed by atoms with van der Waals surface area (Å²) < 4.78 is 17.8. The lowest BCUT2D eigenvalue weighted by molar-refractivity contribution is 0.296. The number of nitrogens with zero attached hydrogens (tertiary/aromatic N) is 1. The molecule has 39 heavy (non-hydrogen) atoms. The largest absolute Gasteiger partial charge is 0.489 e. The van der Waals surface area contributed by atoms with E-state index in [9.17, 15) is 0 Å². The highest BCUT2D eigenvalue weighted by Crippen LogP contribution is 2.38. The van der Waals surface area contributed by atoms with Gasteiger partial charge in [-0.15, -0.1) is 0 Å². The van der Waals surface area contributed by atoms with Gasteiger partial charge < -0.3 is 14.0 Å². The summed E-state index contributed by atoms with van der Waals surface area (Å²) in [4.78, 5) is 0. The zero-order chi connectivity index (χ0) is 27.4. The molecule has 196 valence electrons. The predicted molar refractivity (Wildman–Crippen MR) is 161 cm³/mol. The van der Waals surface area contributed by atoms with E-state index >= 15 is 0 Å². The Morgan fingerprint density at radius 1 is 0.744 bits per heavy atom. The van der Waals surface area contributed by atoms with E-state index in [-0.39, 0.29) is 12.5 Å². The number of ether oxygens (including phenoxy) is 2. The highest BCUT2D eigenvalue weighted by molar-refractivity contribution is 6.39. The average Bonchev–Trinajstić information content (AvgIpc) is 3.36. The highest BCUT2D eigenvalue weighted by Gasteiger charge is 2.23. The normalized spacial score (nSPS) is 11.1. The second-order valence-corrected chi connectivity index (χ2v) is 10.6. The molecule has 0 saturated heterocycles. The molecule has 0 saturated carbocycles. The number of benzene rings is 4. The maximum absolute atomic E-state index is 6.46. The molecule has 0 aliphatic heterocycles. The fourth-order valence-electron chi connectivity index (χ4n) is 4.33. The highest BCUT2D eigenvalue weighted by atomic mass is 35.5. The van der Waals surface area contributed by atoms with E-state index in [2.05, 4.69) is 49.4 Å². The molecule has 1 aromatic heterocycles. The summed E-state index contributed by atoms with van der Waals surface area (Å²) in [5.41, 5.74) is 6.74. The second kappa shape index (κ2) is 12.0. The summed E-state index contributed by atoms with van der Waals surface area (Å²) in [5.74, 6) is 2.43. The molecule has 0 fully saturated rings. The maximum atomic E-state index is 6.46. The van der Waals surface area contributed by atoms with Gasteiger partial charge in [-0.2, -0.15) is 0 Å². The van der Waals surface area contributed by atoms with Crippen molar-refractivity contribution in [3.05, 3.63) is 118 Å². The van der Waals surface area contributed by atoms with Crippen LogP contribution < -0.4 is 14.9 Å². The molecule has 0 unspecified atom stereocenters. The summed E-state index contributed by atoms with van der Waals surface area (Å²) in [6.07, 6.45) is 0. The summed E-state index contributed by atoms with van der Waals surface area (Å²) in [7, 11) is 2.09. The van der Waals surface area contributed by atoms with E-state index < -0.39 is 0 Å². The Hall–Kier alpha value is -3.67. The van der Waals surface area contributed by atoms with Crippen molar-refractivity contribution in [3.8, 4) is 33.9 Å². The van der Waals surface area contributed by atoms with Crippen LogP contribution in [-0.4, -0.2) is 13.0 Å². The van der Waals surface area contributed by atoms with Gasteiger partial charge in [0.15, 0.2) is 0 Å². The van der Waals surface area contributed by atoms with Crippen LogP contribution >= 0.6 is 23.2 Å². The second-order valence-electron chi connectivity index (χ2n) is 9.74. The first-order chi connectivity index (χ1) is 18.9. The lowest BCUT2D eigenvalue weighted by Crippen LogP contribution is -2.02. The summed E-state index contributed by atoms with van der Waals surface area (Å²) >= 11 is 12.9. The van der Waals surface area contributed by atoms with Crippen molar-refractivity contribution < 1.29 is 14.0 Å². The van der Waals surface area contributed by atoms with Gasteiger partial charge in [-0.3, -0.25) is 0 Å². The Morgan fingerprint density at radius 2 is 1.28 bits per heavy atom. The fraction of sp³-hybridized carbons (Fsp3) is 0.156. The molecule has 0 amide bonds. The van der Waals surface area contributed by atoms with Crippen molar-refractivity contribution in [1.29, 1.82) is 0 Å². The molecule has 4 aromatic carbocycles. The Labute approximate surface area is 239 Å². The third-order valence-electron chi connectivity index (χ3n) is 6.49. The van der Waals surface area contributed by atoms with E-state index in [1.165, 1.54) is 11.0 Å². The molecule has 5 aromatic rings. The third-order valence-corrected chi connectivity index (χ3v) is 7.12. The number of hydrogen-bond donors (Lipinski definition) is 0. The van der Waals surface area contributed by atoms with Crippen molar-refractivity contribution in [2.24, 2.45) is 0 Å². The van der Waals surface area contributed by atoms with Crippen LogP contribution in [0.3, 0.4) is 0 Å². The molecular formula is C32H28BCl2NO3. The Balaban J connectivity index is 1.23. The van der Waals surface area contributed by atoms with Crippen LogP contribution in [0.1, 0.15) is 36.7 Å². The molecule has 0 atom stereocenters. The molecule has 0 aliphatic rings. The van der Waals surface area contributed by atoms with Gasteiger partial charge in [0.1, 0.15) is 44.0 Å². The maximum Gasteiger partial charge on any atom is 0.146 e. The molecule has 0 bridgehead atoms. The topological polar surface area (TPSA) is 44.5 Å². The van der Waals surface area contributed by atoms with Gasteiger partial charge in [-0.05, 0) is 53.1 Å². The van der Waals surface area contributed by atoms with Crippen LogP contribution in [0, 0.1) is 0 Å². The minimum Gasteiger partial charge on any atom is -0.489 e. The van der Waals surface area contributed by atoms with Crippen LogP contribution in [0.25, 0.3) is 22.4 Å². The molecule has 0 radical (unpaired) electrons. The van der Waals surface area contributed by atoms with Crippen molar-refractivity contribution in [1.82, 2.24) is 5.16 Å². The number of rotatable bonds is 9. The van der Waals surface area contributed by atoms with Gasteiger partial charge in [-0.1, -0.05) is 102 Å². The first-order valence-electron chi connectivity index (χ1n) is 12.8. The van der Waals surface area contributed by atoms with E-state index in [0.717, 1.165) is 33.9 Å². The first kappa shape index (κ1) is 26.9. The van der Waals surface area contributed by atoms with Crippen molar-refractivity contribution in [2.45, 2.75) is 33.0 Å². The zero-order valence-corrected chi connectivity index (χ0v) is 23.6. The summed E-state index contributed by atoms with van der Waals surface area (Å²) in [6, 6.07) is 29.9. The smallest absolute Gasteiger partial charge is 0.146 e. The lowest BCUT2D eigenvalue weighted by Gasteiger charge is -2.11. The van der Waals surface area contributed by atoms with Gasteiger partial charge in [0.05, 0.1) is 15.6 Å². The van der Waals surface area contributed by atoms with Crippen LogP contribution in [0.4, 0.5) is 0 Å². The van der Waals surface area contributed by atoms with E-state index in [1.807, 2.05) is 50.2 Å². The van der Waals surface area contributed by atoms with Crippen LogP contribution in [-0.2, 0) is 13.2 Å². The predicted octanol–water partition coefficient (Wildman–Crippen LogP) is 7.86. The number of halogens is 2. The molecular weight excluding hydrogens is 528 g/mol. The third kappa shape index (κ3) is 6.33. The van der Waals surface area contributed by atoms with Gasteiger partial charge in [0.2, 0.25) is 0 Å². The minimum atomic E-state index is 0.122. The average molecular weight is 556 g/mol. The van der Waals surface area contributed by atoms with Crippen molar-refractivity contribution >= 4 is 36.5 Å². The molecule has 5 rings (SSSR count). The Kier molecular flexibility index (Phi) is 8.30. The molecule has 4 nitrogen and oxygen atoms in total. The SMILES string of the molecule is Bc1ccc(-c2ccc(OCc3ccc(OCc4c(-c5c(Cl)cccc5Cl)noc4C(C)C)cc3)cc2)cc1. The van der Waals surface area contributed by atoms with E-state index in [1.54, 1.807) is 18.2 Å². The molecule has 1 heterocycles. The molecule has 7 heteroatoms. The van der Waals surface area contributed by atoms with Crippen molar-refractivity contribution in [2.75, 3.05) is 0 Å². The minimum absolute atomic E-state index is 0.122. The van der Waals surface area contributed by atoms with Crippen LogP contribution in [0.15, 0.2) is 95.5 Å². The Bertz CT molecular complexity index is 1530. The van der Waals surface area contributed by atoms with E-state index in [0.29, 0.717) is 27.9 Å². The molecule has 0 aliphatic carbocycles. The van der Waals surface area contributed by atoms with Gasteiger partial charge in [0.25, 0.3) is 0 Å². The summed E-state index contributed by atoms with van der Waals surface area (Å²) in [5, 5.41) is 5.32.